The van der Waals surface area contributed by atoms with Crippen molar-refractivity contribution in [1.29, 1.82) is 0 Å². The summed E-state index contributed by atoms with van der Waals surface area (Å²) in [6, 6.07) is 0. The summed E-state index contributed by atoms with van der Waals surface area (Å²) in [5.41, 5.74) is 0. The maximum Gasteiger partial charge on any atom is 0.193 e. The Morgan fingerprint density at radius 2 is 2.13 bits per heavy atom. The molecule has 1 saturated heterocycles. The van der Waals surface area contributed by atoms with Crippen LogP contribution in [-0.2, 0) is 9.16 Å². The second-order valence-corrected chi connectivity index (χ2v) is 6.89. The molecule has 1 aliphatic rings. The Labute approximate surface area is 96.7 Å². The van der Waals surface area contributed by atoms with E-state index in [2.05, 4.69) is 6.92 Å². The van der Waals surface area contributed by atoms with Crippen molar-refractivity contribution in [2.24, 2.45) is 0 Å². The van der Waals surface area contributed by atoms with Crippen LogP contribution in [0.15, 0.2) is 0 Å². The number of hydrogen-bond acceptors (Lipinski definition) is 2. The van der Waals surface area contributed by atoms with Gasteiger partial charge in [0.25, 0.3) is 0 Å². The van der Waals surface area contributed by atoms with Crippen molar-refractivity contribution in [3.8, 4) is 0 Å². The first-order valence-electron chi connectivity index (χ1n) is 6.46. The summed E-state index contributed by atoms with van der Waals surface area (Å²) in [6.07, 6.45) is 10.4. The zero-order chi connectivity index (χ0) is 11.0. The molecular formula is C12H26O2Si. The highest BCUT2D eigenvalue weighted by Gasteiger charge is 2.33. The molecule has 1 unspecified atom stereocenters. The monoisotopic (exact) mass is 230 g/mol. The minimum absolute atomic E-state index is 0.195. The predicted octanol–water partition coefficient (Wildman–Crippen LogP) is 2.58. The lowest BCUT2D eigenvalue weighted by molar-refractivity contribution is -0.0345. The Bertz CT molecular complexity index is 150. The molecule has 1 aliphatic heterocycles. The average Bonchev–Trinajstić information content (AvgIpc) is 2.26. The second kappa shape index (κ2) is 7.42. The van der Waals surface area contributed by atoms with Crippen LogP contribution < -0.4 is 0 Å². The van der Waals surface area contributed by atoms with E-state index in [0.717, 1.165) is 6.61 Å². The molecule has 0 radical (unpaired) electrons. The van der Waals surface area contributed by atoms with Gasteiger partial charge in [-0.15, -0.1) is 0 Å². The summed E-state index contributed by atoms with van der Waals surface area (Å²) in [6.45, 7) is 3.22. The van der Waals surface area contributed by atoms with Gasteiger partial charge in [-0.05, 0) is 25.7 Å². The molecule has 1 fully saturated rings. The van der Waals surface area contributed by atoms with Gasteiger partial charge in [0.2, 0.25) is 0 Å². The van der Waals surface area contributed by atoms with E-state index in [-0.39, 0.29) is 5.22 Å². The summed E-state index contributed by atoms with van der Waals surface area (Å²) in [5.74, 6) is 0. The number of rotatable bonds is 7. The van der Waals surface area contributed by atoms with Crippen LogP contribution in [0.5, 0.6) is 0 Å². The smallest absolute Gasteiger partial charge is 0.193 e. The lowest BCUT2D eigenvalue weighted by atomic mass is 10.0. The Balaban J connectivity index is 2.28. The maximum absolute atomic E-state index is 6.02. The highest BCUT2D eigenvalue weighted by molar-refractivity contribution is 6.31. The van der Waals surface area contributed by atoms with E-state index in [0.29, 0.717) is 0 Å². The fourth-order valence-corrected chi connectivity index (χ4v) is 3.97. The maximum atomic E-state index is 6.02. The highest BCUT2D eigenvalue weighted by atomic mass is 28.2. The molecule has 1 atom stereocenters. The Morgan fingerprint density at radius 1 is 1.27 bits per heavy atom. The Kier molecular flexibility index (Phi) is 6.53. The molecule has 0 aliphatic carbocycles. The van der Waals surface area contributed by atoms with Crippen molar-refractivity contribution >= 4 is 9.76 Å². The van der Waals surface area contributed by atoms with Gasteiger partial charge in [0.05, 0.1) is 5.22 Å². The zero-order valence-electron chi connectivity index (χ0n) is 10.4. The molecule has 0 aromatic rings. The molecule has 1 heterocycles. The minimum atomic E-state index is -0.487. The van der Waals surface area contributed by atoms with E-state index < -0.39 is 9.76 Å². The molecule has 0 bridgehead atoms. The van der Waals surface area contributed by atoms with Crippen LogP contribution >= 0.6 is 0 Å². The first-order chi connectivity index (χ1) is 7.33. The fourth-order valence-electron chi connectivity index (χ4n) is 2.43. The van der Waals surface area contributed by atoms with E-state index in [1.807, 2.05) is 7.11 Å². The third-order valence-corrected chi connectivity index (χ3v) is 5.05. The first-order valence-corrected chi connectivity index (χ1v) is 7.74. The lowest BCUT2D eigenvalue weighted by Crippen LogP contribution is -2.43. The van der Waals surface area contributed by atoms with E-state index in [9.17, 15) is 0 Å². The first kappa shape index (κ1) is 13.2. The molecule has 15 heavy (non-hydrogen) atoms. The normalized spacial score (nSPS) is 27.6. The molecule has 0 spiro atoms. The molecule has 0 N–H and O–H groups in total. The number of hydrogen-bond donors (Lipinski definition) is 0. The van der Waals surface area contributed by atoms with Crippen LogP contribution in [0.25, 0.3) is 0 Å². The molecule has 2 nitrogen and oxygen atoms in total. The van der Waals surface area contributed by atoms with E-state index in [1.54, 1.807) is 0 Å². The van der Waals surface area contributed by atoms with Gasteiger partial charge in [-0.2, -0.15) is 0 Å². The summed E-state index contributed by atoms with van der Waals surface area (Å²) < 4.78 is 11.5. The SMILES string of the molecule is CCCCCCC1([SiH2]OC)CCCCO1. The van der Waals surface area contributed by atoms with Gasteiger partial charge in [0, 0.05) is 13.7 Å². The van der Waals surface area contributed by atoms with Gasteiger partial charge in [-0.1, -0.05) is 32.6 Å². The topological polar surface area (TPSA) is 18.5 Å². The van der Waals surface area contributed by atoms with Crippen molar-refractivity contribution < 1.29 is 9.16 Å². The second-order valence-electron chi connectivity index (χ2n) is 4.73. The summed E-state index contributed by atoms with van der Waals surface area (Å²) in [4.78, 5) is 0. The van der Waals surface area contributed by atoms with Crippen LogP contribution in [0.2, 0.25) is 0 Å². The molecule has 0 aromatic heterocycles. The quantitative estimate of drug-likeness (QED) is 0.494. The zero-order valence-corrected chi connectivity index (χ0v) is 11.8. The van der Waals surface area contributed by atoms with Gasteiger partial charge in [0.1, 0.15) is 0 Å². The molecule has 0 amide bonds. The molecular weight excluding hydrogens is 204 g/mol. The molecule has 3 heteroatoms. The van der Waals surface area contributed by atoms with Crippen LogP contribution in [0, 0.1) is 0 Å². The van der Waals surface area contributed by atoms with Gasteiger partial charge >= 0.3 is 0 Å². The lowest BCUT2D eigenvalue weighted by Gasteiger charge is -2.36. The third-order valence-electron chi connectivity index (χ3n) is 3.33. The Hall–Kier alpha value is 0.137. The van der Waals surface area contributed by atoms with E-state index in [1.165, 1.54) is 51.4 Å². The van der Waals surface area contributed by atoms with Crippen LogP contribution in [-0.4, -0.2) is 28.7 Å². The van der Waals surface area contributed by atoms with Crippen molar-refractivity contribution in [1.82, 2.24) is 0 Å². The van der Waals surface area contributed by atoms with Crippen molar-refractivity contribution in [3.63, 3.8) is 0 Å². The van der Waals surface area contributed by atoms with Crippen LogP contribution in [0.1, 0.15) is 58.3 Å². The van der Waals surface area contributed by atoms with E-state index in [4.69, 9.17) is 9.16 Å². The van der Waals surface area contributed by atoms with Gasteiger partial charge in [-0.3, -0.25) is 0 Å². The van der Waals surface area contributed by atoms with Gasteiger partial charge < -0.3 is 9.16 Å². The molecule has 0 saturated carbocycles. The standard InChI is InChI=1S/C12H26O2Si/c1-3-4-5-6-9-12(15-13-2)10-7-8-11-14-12/h3-11,15H2,1-2H3. The van der Waals surface area contributed by atoms with Crippen molar-refractivity contribution in [2.45, 2.75) is 63.5 Å². The third kappa shape index (κ3) is 4.66. The largest absolute Gasteiger partial charge is 0.424 e. The van der Waals surface area contributed by atoms with Crippen molar-refractivity contribution in [2.75, 3.05) is 13.7 Å². The summed E-state index contributed by atoms with van der Waals surface area (Å²) >= 11 is 0. The molecule has 90 valence electrons. The van der Waals surface area contributed by atoms with E-state index >= 15 is 0 Å². The molecule has 1 rings (SSSR count). The summed E-state index contributed by atoms with van der Waals surface area (Å²) in [5, 5.41) is 0.195. The van der Waals surface area contributed by atoms with Gasteiger partial charge in [0.15, 0.2) is 9.76 Å². The number of ether oxygens (including phenoxy) is 1. The molecule has 0 aromatic carbocycles. The van der Waals surface area contributed by atoms with Crippen molar-refractivity contribution in [3.05, 3.63) is 0 Å². The number of unbranched alkanes of at least 4 members (excludes halogenated alkanes) is 3. The van der Waals surface area contributed by atoms with Crippen LogP contribution in [0.4, 0.5) is 0 Å². The average molecular weight is 230 g/mol. The Morgan fingerprint density at radius 3 is 2.73 bits per heavy atom. The minimum Gasteiger partial charge on any atom is -0.424 e. The van der Waals surface area contributed by atoms with Gasteiger partial charge in [-0.25, -0.2) is 0 Å². The fraction of sp³-hybridized carbons (Fsp3) is 1.00. The highest BCUT2D eigenvalue weighted by Crippen LogP contribution is 2.29. The van der Waals surface area contributed by atoms with Crippen LogP contribution in [0.3, 0.4) is 0 Å². The predicted molar refractivity (Wildman–Crippen MR) is 66.8 cm³/mol. The summed E-state index contributed by atoms with van der Waals surface area (Å²) in [7, 11) is 1.36.